The predicted octanol–water partition coefficient (Wildman–Crippen LogP) is 5.94. The van der Waals surface area contributed by atoms with Crippen LogP contribution < -0.4 is 0 Å². The number of hydrogen-bond donors (Lipinski definition) is 3. The van der Waals surface area contributed by atoms with Crippen molar-refractivity contribution in [3.8, 4) is 17.2 Å². The van der Waals surface area contributed by atoms with Gasteiger partial charge in [-0.3, -0.25) is 4.68 Å². The number of nitrogens with zero attached hydrogens (tertiary/aromatic N) is 4. The number of nitrogens with one attached hydrogen (secondary N) is 1. The molecule has 214 valence electrons. The summed E-state index contributed by atoms with van der Waals surface area (Å²) in [5.41, 5.74) is 3.67. The number of H-pyrrole nitrogens is 1. The van der Waals surface area contributed by atoms with Gasteiger partial charge in [0, 0.05) is 34.9 Å². The molecule has 0 aliphatic heterocycles. The lowest BCUT2D eigenvalue weighted by Crippen LogP contribution is -2.21. The fourth-order valence-corrected chi connectivity index (χ4v) is 3.44. The van der Waals surface area contributed by atoms with E-state index in [1.54, 1.807) is 10.9 Å². The van der Waals surface area contributed by atoms with Gasteiger partial charge in [0.1, 0.15) is 23.0 Å². The molecule has 1 aromatic carbocycles. The summed E-state index contributed by atoms with van der Waals surface area (Å²) in [5, 5.41) is 30.2. The third kappa shape index (κ3) is 7.62. The van der Waals surface area contributed by atoms with Gasteiger partial charge in [0.05, 0.1) is 18.7 Å². The van der Waals surface area contributed by atoms with Gasteiger partial charge in [-0.1, -0.05) is 18.2 Å². The Hall–Kier alpha value is -5.33. The minimum atomic E-state index is -5.08. The minimum Gasteiger partial charge on any atom is -0.475 e. The number of carboxylic acids is 2. The number of hydrogen-bond acceptors (Lipinski definition) is 6. The zero-order chi connectivity index (χ0) is 30.4. The Morgan fingerprint density at radius 1 is 1.05 bits per heavy atom. The van der Waals surface area contributed by atoms with Gasteiger partial charge >= 0.3 is 24.3 Å². The van der Waals surface area contributed by atoms with E-state index in [0.29, 0.717) is 0 Å². The molecule has 1 atom stereocenters. The lowest BCUT2D eigenvalue weighted by atomic mass is 10.1. The van der Waals surface area contributed by atoms with E-state index >= 15 is 0 Å². The number of carbonyl (C=O) groups is 2. The molecule has 0 radical (unpaired) electrons. The third-order valence-electron chi connectivity index (χ3n) is 5.23. The molecule has 4 heterocycles. The number of alkyl halides is 6. The highest BCUT2D eigenvalue weighted by Crippen LogP contribution is 2.31. The van der Waals surface area contributed by atoms with E-state index in [2.05, 4.69) is 21.1 Å². The largest absolute Gasteiger partial charge is 0.490 e. The van der Waals surface area contributed by atoms with Crippen LogP contribution in [-0.4, -0.2) is 54.3 Å². The molecular formula is C25H17F6N5O5. The van der Waals surface area contributed by atoms with Crippen molar-refractivity contribution in [3.63, 3.8) is 0 Å². The van der Waals surface area contributed by atoms with Crippen LogP contribution in [-0.2, 0) is 9.59 Å². The van der Waals surface area contributed by atoms with E-state index in [0.717, 1.165) is 38.9 Å². The molecule has 3 N–H and O–H groups in total. The van der Waals surface area contributed by atoms with Gasteiger partial charge in [0.25, 0.3) is 0 Å². The molecule has 16 heteroatoms. The first-order chi connectivity index (χ1) is 19.2. The first kappa shape index (κ1) is 30.2. The minimum absolute atomic E-state index is 0.275. The summed E-state index contributed by atoms with van der Waals surface area (Å²) in [6.45, 7) is 0. The van der Waals surface area contributed by atoms with Crippen LogP contribution >= 0.6 is 0 Å². The lowest BCUT2D eigenvalue weighted by molar-refractivity contribution is -0.193. The average Bonchev–Trinajstić information content (AvgIpc) is 3.66. The van der Waals surface area contributed by atoms with Gasteiger partial charge in [0.15, 0.2) is 0 Å². The van der Waals surface area contributed by atoms with Crippen molar-refractivity contribution in [2.75, 3.05) is 0 Å². The second kappa shape index (κ2) is 12.2. The monoisotopic (exact) mass is 581 g/mol. The van der Waals surface area contributed by atoms with Crippen LogP contribution in [0.5, 0.6) is 0 Å². The number of aliphatic carboxylic acids is 2. The van der Waals surface area contributed by atoms with Crippen LogP contribution in [0, 0.1) is 11.3 Å². The molecule has 4 aromatic heterocycles. The van der Waals surface area contributed by atoms with Crippen molar-refractivity contribution in [2.45, 2.75) is 24.8 Å². The summed E-state index contributed by atoms with van der Waals surface area (Å²) in [6.07, 6.45) is -2.47. The molecular weight excluding hydrogens is 564 g/mol. The van der Waals surface area contributed by atoms with Gasteiger partial charge in [-0.2, -0.15) is 36.7 Å². The first-order valence-electron chi connectivity index (χ1n) is 11.1. The fourth-order valence-electron chi connectivity index (χ4n) is 3.44. The van der Waals surface area contributed by atoms with Crippen molar-refractivity contribution in [1.29, 1.82) is 5.26 Å². The van der Waals surface area contributed by atoms with E-state index in [1.807, 2.05) is 61.1 Å². The number of rotatable bonds is 4. The second-order valence-corrected chi connectivity index (χ2v) is 7.98. The number of pyridine rings is 1. The van der Waals surface area contributed by atoms with Crippen molar-refractivity contribution in [3.05, 3.63) is 73.0 Å². The number of benzene rings is 1. The summed E-state index contributed by atoms with van der Waals surface area (Å²) < 4.78 is 71.3. The Kier molecular flexibility index (Phi) is 9.02. The Balaban J connectivity index is 0.000000276. The van der Waals surface area contributed by atoms with Gasteiger partial charge in [-0.05, 0) is 29.8 Å². The molecule has 41 heavy (non-hydrogen) atoms. The van der Waals surface area contributed by atoms with Crippen LogP contribution in [0.25, 0.3) is 33.1 Å². The van der Waals surface area contributed by atoms with Gasteiger partial charge in [-0.25, -0.2) is 14.6 Å². The summed E-state index contributed by atoms with van der Waals surface area (Å²) in [6, 6.07) is 15.8. The van der Waals surface area contributed by atoms with Crippen LogP contribution in [0.2, 0.25) is 0 Å². The zero-order valence-corrected chi connectivity index (χ0v) is 20.3. The molecule has 1 unspecified atom stereocenters. The highest BCUT2D eigenvalue weighted by atomic mass is 19.4. The Morgan fingerprint density at radius 2 is 1.68 bits per heavy atom. The molecule has 0 fully saturated rings. The average molecular weight is 581 g/mol. The van der Waals surface area contributed by atoms with Gasteiger partial charge < -0.3 is 19.6 Å². The topological polar surface area (TPSA) is 158 Å². The molecule has 10 nitrogen and oxygen atoms in total. The first-order valence-corrected chi connectivity index (χ1v) is 11.1. The third-order valence-corrected chi connectivity index (χ3v) is 5.23. The quantitative estimate of drug-likeness (QED) is 0.220. The molecule has 0 spiro atoms. The molecule has 5 rings (SSSR count). The number of aromatic amines is 1. The van der Waals surface area contributed by atoms with Crippen LogP contribution in [0.3, 0.4) is 0 Å². The van der Waals surface area contributed by atoms with Crippen LogP contribution in [0.15, 0.2) is 71.7 Å². The SMILES string of the molecule is N#CCC(c1cc2ccccc2o1)n1cc(-c2ccnc3[nH]ccc23)cn1.O=C(O)C(F)(F)F.O=C(O)C(F)(F)F. The molecule has 0 bridgehead atoms. The predicted molar refractivity (Wildman–Crippen MR) is 129 cm³/mol. The van der Waals surface area contributed by atoms with Crippen molar-refractivity contribution in [2.24, 2.45) is 0 Å². The highest BCUT2D eigenvalue weighted by Gasteiger charge is 2.38. The van der Waals surface area contributed by atoms with Gasteiger partial charge in [-0.15, -0.1) is 0 Å². The van der Waals surface area contributed by atoms with E-state index in [1.165, 1.54) is 0 Å². The molecule has 0 amide bonds. The Bertz CT molecular complexity index is 1640. The fraction of sp³-hybridized carbons (Fsp3) is 0.160. The molecule has 0 aliphatic rings. The van der Waals surface area contributed by atoms with Crippen molar-refractivity contribution in [1.82, 2.24) is 19.7 Å². The number of furan rings is 1. The molecule has 0 aliphatic carbocycles. The Labute approximate surface area is 225 Å². The normalized spacial score (nSPS) is 12.0. The van der Waals surface area contributed by atoms with E-state index in [-0.39, 0.29) is 12.5 Å². The molecule has 0 saturated heterocycles. The smallest absolute Gasteiger partial charge is 0.475 e. The van der Waals surface area contributed by atoms with E-state index < -0.39 is 24.3 Å². The maximum atomic E-state index is 10.6. The van der Waals surface area contributed by atoms with Gasteiger partial charge in [0.2, 0.25) is 0 Å². The summed E-state index contributed by atoms with van der Waals surface area (Å²) in [5.74, 6) is -4.78. The van der Waals surface area contributed by atoms with Crippen molar-refractivity contribution >= 4 is 33.9 Å². The lowest BCUT2D eigenvalue weighted by Gasteiger charge is -2.11. The summed E-state index contributed by atoms with van der Waals surface area (Å²) in [4.78, 5) is 25.2. The van der Waals surface area contributed by atoms with Crippen LogP contribution in [0.4, 0.5) is 26.3 Å². The number of nitriles is 1. The Morgan fingerprint density at radius 3 is 2.27 bits per heavy atom. The molecule has 5 aromatic rings. The number of aromatic nitrogens is 4. The number of fused-ring (bicyclic) bond motifs is 2. The number of carboxylic acid groups (broad SMARTS) is 2. The van der Waals surface area contributed by atoms with E-state index in [4.69, 9.17) is 24.2 Å². The van der Waals surface area contributed by atoms with E-state index in [9.17, 15) is 31.6 Å². The zero-order valence-electron chi connectivity index (χ0n) is 20.3. The van der Waals surface area contributed by atoms with Crippen LogP contribution in [0.1, 0.15) is 18.2 Å². The summed E-state index contributed by atoms with van der Waals surface area (Å²) in [7, 11) is 0. The number of para-hydroxylation sites is 1. The summed E-state index contributed by atoms with van der Waals surface area (Å²) >= 11 is 0. The highest BCUT2D eigenvalue weighted by molar-refractivity contribution is 5.92. The van der Waals surface area contributed by atoms with Crippen molar-refractivity contribution < 1.29 is 50.6 Å². The number of halogens is 6. The standard InChI is InChI=1S/C21H15N5O.2C2HF3O2/c22-8-5-18(20-11-14-3-1-2-4-19(14)27-20)26-13-15(12-25-26)16-6-9-23-21-17(16)7-10-24-21;2*3-2(4,5)1(6)7/h1-4,6-7,9-13,18H,5H2,(H,23,24);2*(H,6,7). The second-order valence-electron chi connectivity index (χ2n) is 7.98. The maximum Gasteiger partial charge on any atom is 0.490 e. The molecule has 0 saturated carbocycles. The maximum absolute atomic E-state index is 10.6.